The molecule has 17 heavy (non-hydrogen) atoms. The maximum absolute atomic E-state index is 14.0. The zero-order chi connectivity index (χ0) is 11.8. The van der Waals surface area contributed by atoms with Crippen molar-refractivity contribution in [1.29, 1.82) is 0 Å². The predicted molar refractivity (Wildman–Crippen MR) is 64.3 cm³/mol. The van der Waals surface area contributed by atoms with Crippen LogP contribution in [0.2, 0.25) is 0 Å². The molecular weight excluding hydrogens is 217 g/mol. The van der Waals surface area contributed by atoms with Crippen molar-refractivity contribution in [1.82, 2.24) is 4.90 Å². The number of hydrogen-bond acceptors (Lipinski definition) is 2. The molecule has 0 unspecified atom stereocenters. The van der Waals surface area contributed by atoms with Crippen LogP contribution >= 0.6 is 0 Å². The van der Waals surface area contributed by atoms with Crippen LogP contribution in [-0.2, 0) is 6.54 Å². The van der Waals surface area contributed by atoms with Gasteiger partial charge in [-0.25, -0.2) is 4.39 Å². The highest BCUT2D eigenvalue weighted by Crippen LogP contribution is 2.44. The molecule has 0 amide bonds. The fourth-order valence-electron chi connectivity index (χ4n) is 3.48. The number of hydrogen-bond donors (Lipinski definition) is 1. The van der Waals surface area contributed by atoms with E-state index in [1.54, 1.807) is 0 Å². The standard InChI is InChI=1S/C14H18FNO/c15-14-11-6-7-12(14)16(13(11)9-17)8-10-4-2-1-3-5-10/h1-5,11-14,17H,6-9H2/t11-,12-,13+,14-/m0/s1. The van der Waals surface area contributed by atoms with E-state index in [4.69, 9.17) is 0 Å². The highest BCUT2D eigenvalue weighted by Gasteiger charge is 2.53. The van der Waals surface area contributed by atoms with E-state index < -0.39 is 6.17 Å². The molecule has 4 atom stereocenters. The van der Waals surface area contributed by atoms with Gasteiger partial charge in [-0.15, -0.1) is 0 Å². The van der Waals surface area contributed by atoms with Crippen LogP contribution in [0.4, 0.5) is 4.39 Å². The minimum absolute atomic E-state index is 0.0176. The maximum Gasteiger partial charge on any atom is 0.120 e. The van der Waals surface area contributed by atoms with Gasteiger partial charge < -0.3 is 5.11 Å². The molecule has 0 spiro atoms. The molecule has 1 saturated heterocycles. The molecule has 0 radical (unpaired) electrons. The summed E-state index contributed by atoms with van der Waals surface area (Å²) in [5.74, 6) is 0.0497. The Kier molecular flexibility index (Phi) is 2.89. The van der Waals surface area contributed by atoms with Crippen molar-refractivity contribution in [3.05, 3.63) is 35.9 Å². The number of aliphatic hydroxyl groups is 1. The lowest BCUT2D eigenvalue weighted by molar-refractivity contribution is 0.0776. The van der Waals surface area contributed by atoms with E-state index in [9.17, 15) is 9.50 Å². The van der Waals surface area contributed by atoms with Crippen molar-refractivity contribution in [2.75, 3.05) is 6.61 Å². The Morgan fingerprint density at radius 3 is 2.71 bits per heavy atom. The lowest BCUT2D eigenvalue weighted by Gasteiger charge is -2.33. The van der Waals surface area contributed by atoms with Gasteiger partial charge >= 0.3 is 0 Å². The molecule has 92 valence electrons. The molecule has 3 heteroatoms. The number of likely N-dealkylation sites (tertiary alicyclic amines) is 1. The van der Waals surface area contributed by atoms with E-state index in [0.29, 0.717) is 0 Å². The third kappa shape index (κ3) is 1.78. The molecule has 2 nitrogen and oxygen atoms in total. The topological polar surface area (TPSA) is 23.5 Å². The Hall–Kier alpha value is -0.930. The van der Waals surface area contributed by atoms with Gasteiger partial charge in [0.05, 0.1) is 6.61 Å². The Balaban J connectivity index is 1.79. The van der Waals surface area contributed by atoms with Crippen LogP contribution in [0, 0.1) is 5.92 Å². The van der Waals surface area contributed by atoms with Crippen LogP contribution in [0.15, 0.2) is 30.3 Å². The van der Waals surface area contributed by atoms with E-state index >= 15 is 0 Å². The van der Waals surface area contributed by atoms with Crippen molar-refractivity contribution < 1.29 is 9.50 Å². The molecule has 3 rings (SSSR count). The van der Waals surface area contributed by atoms with Crippen LogP contribution in [-0.4, -0.2) is 34.9 Å². The quantitative estimate of drug-likeness (QED) is 0.866. The Bertz CT molecular complexity index is 383. The summed E-state index contributed by atoms with van der Waals surface area (Å²) in [7, 11) is 0. The van der Waals surface area contributed by atoms with Gasteiger partial charge in [-0.1, -0.05) is 30.3 Å². The second kappa shape index (κ2) is 4.39. The molecule has 1 aromatic rings. The number of nitrogens with zero attached hydrogens (tertiary/aromatic N) is 1. The van der Waals surface area contributed by atoms with Gasteiger partial charge in [-0.2, -0.15) is 0 Å². The van der Waals surface area contributed by atoms with E-state index in [-0.39, 0.29) is 24.6 Å². The van der Waals surface area contributed by atoms with Gasteiger partial charge in [0.1, 0.15) is 6.17 Å². The summed E-state index contributed by atoms with van der Waals surface area (Å²) in [4.78, 5) is 2.16. The molecule has 1 saturated carbocycles. The Morgan fingerprint density at radius 2 is 2.00 bits per heavy atom. The van der Waals surface area contributed by atoms with Gasteiger partial charge in [-0.05, 0) is 18.4 Å². The zero-order valence-electron chi connectivity index (χ0n) is 9.80. The van der Waals surface area contributed by atoms with Crippen molar-refractivity contribution >= 4 is 0 Å². The second-order valence-electron chi connectivity index (χ2n) is 5.16. The number of piperidine rings is 1. The molecular formula is C14H18FNO. The smallest absolute Gasteiger partial charge is 0.120 e. The number of alkyl halides is 1. The van der Waals surface area contributed by atoms with Gasteiger partial charge in [-0.3, -0.25) is 4.90 Å². The first-order valence-electron chi connectivity index (χ1n) is 6.36. The number of halogens is 1. The maximum atomic E-state index is 14.0. The number of fused-ring (bicyclic) bond motifs is 2. The van der Waals surface area contributed by atoms with Crippen molar-refractivity contribution in [2.24, 2.45) is 5.92 Å². The van der Waals surface area contributed by atoms with Gasteiger partial charge in [0.2, 0.25) is 0 Å². The summed E-state index contributed by atoms with van der Waals surface area (Å²) in [6.07, 6.45) is 1.13. The van der Waals surface area contributed by atoms with Gasteiger partial charge in [0.25, 0.3) is 0 Å². The Labute approximate surface area is 101 Å². The van der Waals surface area contributed by atoms with Crippen LogP contribution in [0.1, 0.15) is 18.4 Å². The fraction of sp³-hybridized carbons (Fsp3) is 0.571. The zero-order valence-corrected chi connectivity index (χ0v) is 9.80. The van der Waals surface area contributed by atoms with Gasteiger partial charge in [0, 0.05) is 24.5 Å². The lowest BCUT2D eigenvalue weighted by Crippen LogP contribution is -2.42. The Morgan fingerprint density at radius 1 is 1.24 bits per heavy atom. The van der Waals surface area contributed by atoms with Crippen molar-refractivity contribution in [2.45, 2.75) is 37.6 Å². The summed E-state index contributed by atoms with van der Waals surface area (Å²) in [5, 5.41) is 9.45. The molecule has 2 fully saturated rings. The second-order valence-corrected chi connectivity index (χ2v) is 5.16. The largest absolute Gasteiger partial charge is 0.395 e. The summed E-state index contributed by atoms with van der Waals surface area (Å²) in [6, 6.07) is 10.2. The van der Waals surface area contributed by atoms with Crippen LogP contribution in [0.25, 0.3) is 0 Å². The number of aliphatic hydroxyl groups excluding tert-OH is 1. The third-order valence-electron chi connectivity index (χ3n) is 4.31. The average Bonchev–Trinajstić information content (AvgIpc) is 2.84. The first kappa shape index (κ1) is 11.2. The van der Waals surface area contributed by atoms with E-state index in [1.807, 2.05) is 18.2 Å². The number of rotatable bonds is 3. The predicted octanol–water partition coefficient (Wildman–Crippen LogP) is 1.98. The molecule has 1 heterocycles. The van der Waals surface area contributed by atoms with E-state index in [2.05, 4.69) is 17.0 Å². The van der Waals surface area contributed by atoms with E-state index in [0.717, 1.165) is 19.4 Å². The number of benzene rings is 1. The fourth-order valence-corrected chi connectivity index (χ4v) is 3.48. The van der Waals surface area contributed by atoms with Crippen molar-refractivity contribution in [3.63, 3.8) is 0 Å². The summed E-state index contributed by atoms with van der Waals surface area (Å²) in [6.45, 7) is 0.835. The normalized spacial score (nSPS) is 36.6. The van der Waals surface area contributed by atoms with Crippen LogP contribution < -0.4 is 0 Å². The third-order valence-corrected chi connectivity index (χ3v) is 4.31. The van der Waals surface area contributed by atoms with Crippen LogP contribution in [0.5, 0.6) is 0 Å². The lowest BCUT2D eigenvalue weighted by atomic mass is 9.98. The molecule has 1 aliphatic carbocycles. The molecule has 2 aliphatic rings. The minimum atomic E-state index is -0.740. The van der Waals surface area contributed by atoms with Gasteiger partial charge in [0.15, 0.2) is 0 Å². The first-order chi connectivity index (χ1) is 8.31. The molecule has 2 bridgehead atoms. The molecule has 1 aromatic carbocycles. The van der Waals surface area contributed by atoms with Crippen LogP contribution in [0.3, 0.4) is 0 Å². The first-order valence-corrected chi connectivity index (χ1v) is 6.36. The summed E-state index contributed by atoms with van der Waals surface area (Å²) < 4.78 is 14.0. The SMILES string of the molecule is OC[C@@H]1[C@@H]2CC[C@@H]([C@H]2F)N1Cc1ccccc1. The highest BCUT2D eigenvalue weighted by molar-refractivity contribution is 5.17. The minimum Gasteiger partial charge on any atom is -0.395 e. The summed E-state index contributed by atoms with van der Waals surface area (Å²) in [5.41, 5.74) is 1.20. The molecule has 0 aromatic heterocycles. The van der Waals surface area contributed by atoms with E-state index in [1.165, 1.54) is 5.56 Å². The molecule has 1 aliphatic heterocycles. The highest BCUT2D eigenvalue weighted by atomic mass is 19.1. The summed E-state index contributed by atoms with van der Waals surface area (Å²) >= 11 is 0. The molecule has 1 N–H and O–H groups in total. The average molecular weight is 235 g/mol. The van der Waals surface area contributed by atoms with Crippen molar-refractivity contribution in [3.8, 4) is 0 Å². The monoisotopic (exact) mass is 235 g/mol.